The number of ether oxygens (including phenoxy) is 1. The number of benzene rings is 2. The van der Waals surface area contributed by atoms with Crippen molar-refractivity contribution in [2.24, 2.45) is 0 Å². The van der Waals surface area contributed by atoms with Gasteiger partial charge >= 0.3 is 0 Å². The van der Waals surface area contributed by atoms with Crippen LogP contribution in [0.4, 0.5) is 8.78 Å². The van der Waals surface area contributed by atoms with Gasteiger partial charge in [-0.1, -0.05) is 18.2 Å². The van der Waals surface area contributed by atoms with E-state index in [9.17, 15) is 18.7 Å². The molecule has 0 saturated heterocycles. The van der Waals surface area contributed by atoms with E-state index in [1.165, 1.54) is 6.07 Å². The highest BCUT2D eigenvalue weighted by Gasteiger charge is 2.21. The molecule has 0 spiro atoms. The van der Waals surface area contributed by atoms with E-state index in [0.29, 0.717) is 17.9 Å². The first-order chi connectivity index (χ1) is 11.4. The van der Waals surface area contributed by atoms with Gasteiger partial charge in [0.25, 0.3) is 5.91 Å². The lowest BCUT2D eigenvalue weighted by atomic mass is 10.0. The van der Waals surface area contributed by atoms with Crippen LogP contribution < -0.4 is 10.1 Å². The average Bonchev–Trinajstić information content (AvgIpc) is 2.57. The Morgan fingerprint density at radius 2 is 1.92 bits per heavy atom. The highest BCUT2D eigenvalue weighted by atomic mass is 19.2. The van der Waals surface area contributed by atoms with Gasteiger partial charge in [-0.05, 0) is 43.7 Å². The molecule has 24 heavy (non-hydrogen) atoms. The van der Waals surface area contributed by atoms with Gasteiger partial charge in [0.15, 0.2) is 11.6 Å². The minimum absolute atomic E-state index is 0.180. The predicted octanol–water partition coefficient (Wildman–Crippen LogP) is 3.22. The van der Waals surface area contributed by atoms with Crippen LogP contribution in [0.3, 0.4) is 0 Å². The van der Waals surface area contributed by atoms with Gasteiger partial charge in [0.2, 0.25) is 0 Å². The van der Waals surface area contributed by atoms with E-state index < -0.39 is 29.7 Å². The average molecular weight is 335 g/mol. The first-order valence-corrected chi connectivity index (χ1v) is 7.59. The van der Waals surface area contributed by atoms with Crippen LogP contribution in [0, 0.1) is 11.6 Å². The third-order valence-electron chi connectivity index (χ3n) is 3.55. The van der Waals surface area contributed by atoms with E-state index in [4.69, 9.17) is 4.74 Å². The summed E-state index contributed by atoms with van der Waals surface area (Å²) in [5.41, 5.74) is 0.517. The zero-order valence-corrected chi connectivity index (χ0v) is 13.4. The topological polar surface area (TPSA) is 58.6 Å². The minimum Gasteiger partial charge on any atom is -0.493 e. The summed E-state index contributed by atoms with van der Waals surface area (Å²) >= 11 is 0. The van der Waals surface area contributed by atoms with Gasteiger partial charge in [-0.25, -0.2) is 8.78 Å². The lowest BCUT2D eigenvalue weighted by molar-refractivity contribution is 0.0848. The van der Waals surface area contributed by atoms with Gasteiger partial charge in [-0.15, -0.1) is 0 Å². The maximum atomic E-state index is 13.3. The maximum Gasteiger partial charge on any atom is 0.255 e. The van der Waals surface area contributed by atoms with Crippen molar-refractivity contribution < 1.29 is 23.4 Å². The Labute approximate surface area is 139 Å². The fourth-order valence-electron chi connectivity index (χ4n) is 2.28. The van der Waals surface area contributed by atoms with Crippen LogP contribution in [0.5, 0.6) is 5.75 Å². The third-order valence-corrected chi connectivity index (χ3v) is 3.55. The molecule has 0 fully saturated rings. The molecule has 4 nitrogen and oxygen atoms in total. The van der Waals surface area contributed by atoms with Crippen LogP contribution in [-0.2, 0) is 0 Å². The minimum atomic E-state index is -1.18. The summed E-state index contributed by atoms with van der Waals surface area (Å²) < 4.78 is 31.6. The SMILES string of the molecule is CCOc1ccccc1C(=O)NC(C)C(O)c1ccc(F)c(F)c1. The molecule has 2 aromatic carbocycles. The Hall–Kier alpha value is -2.47. The molecule has 2 atom stereocenters. The number of carbonyl (C=O) groups excluding carboxylic acids is 1. The summed E-state index contributed by atoms with van der Waals surface area (Å²) in [5.74, 6) is -2.03. The number of hydrogen-bond acceptors (Lipinski definition) is 3. The van der Waals surface area contributed by atoms with E-state index in [-0.39, 0.29) is 5.56 Å². The van der Waals surface area contributed by atoms with Crippen LogP contribution >= 0.6 is 0 Å². The van der Waals surface area contributed by atoms with Crippen molar-refractivity contribution in [2.45, 2.75) is 26.0 Å². The number of rotatable bonds is 6. The number of halogens is 2. The van der Waals surface area contributed by atoms with Gasteiger partial charge in [0.05, 0.1) is 24.3 Å². The number of para-hydroxylation sites is 1. The largest absolute Gasteiger partial charge is 0.493 e. The monoisotopic (exact) mass is 335 g/mol. The first kappa shape index (κ1) is 17.9. The smallest absolute Gasteiger partial charge is 0.255 e. The molecule has 0 saturated carbocycles. The number of aliphatic hydroxyl groups excluding tert-OH is 1. The van der Waals surface area contributed by atoms with Crippen molar-refractivity contribution in [3.8, 4) is 5.75 Å². The normalized spacial score (nSPS) is 13.2. The fourth-order valence-corrected chi connectivity index (χ4v) is 2.28. The lowest BCUT2D eigenvalue weighted by Gasteiger charge is -2.21. The molecule has 0 aliphatic carbocycles. The molecule has 2 unspecified atom stereocenters. The zero-order chi connectivity index (χ0) is 17.7. The molecule has 0 radical (unpaired) electrons. The van der Waals surface area contributed by atoms with Crippen LogP contribution in [0.2, 0.25) is 0 Å². The van der Waals surface area contributed by atoms with Crippen molar-refractivity contribution in [3.63, 3.8) is 0 Å². The number of amides is 1. The first-order valence-electron chi connectivity index (χ1n) is 7.59. The molecule has 2 aromatic rings. The van der Waals surface area contributed by atoms with E-state index in [0.717, 1.165) is 12.1 Å². The summed E-state index contributed by atoms with van der Waals surface area (Å²) in [6, 6.07) is 9.15. The van der Waals surface area contributed by atoms with E-state index in [2.05, 4.69) is 5.32 Å². The van der Waals surface area contributed by atoms with Crippen LogP contribution in [0.15, 0.2) is 42.5 Å². The van der Waals surface area contributed by atoms with Crippen molar-refractivity contribution >= 4 is 5.91 Å². The Balaban J connectivity index is 2.12. The lowest BCUT2D eigenvalue weighted by Crippen LogP contribution is -2.37. The highest BCUT2D eigenvalue weighted by molar-refractivity contribution is 5.97. The summed E-state index contributed by atoms with van der Waals surface area (Å²) in [6.45, 7) is 3.80. The van der Waals surface area contributed by atoms with Crippen LogP contribution in [0.25, 0.3) is 0 Å². The van der Waals surface area contributed by atoms with Crippen molar-refractivity contribution in [1.29, 1.82) is 0 Å². The summed E-state index contributed by atoms with van der Waals surface area (Å²) in [6.07, 6.45) is -1.18. The van der Waals surface area contributed by atoms with E-state index >= 15 is 0 Å². The second-order valence-corrected chi connectivity index (χ2v) is 5.31. The molecule has 0 aromatic heterocycles. The molecule has 0 aliphatic heterocycles. The quantitative estimate of drug-likeness (QED) is 0.852. The van der Waals surface area contributed by atoms with E-state index in [1.807, 2.05) is 6.92 Å². The molecule has 0 bridgehead atoms. The maximum absolute atomic E-state index is 13.3. The Kier molecular flexibility index (Phi) is 5.87. The number of carbonyl (C=O) groups is 1. The molecule has 2 rings (SSSR count). The Bertz CT molecular complexity index is 721. The van der Waals surface area contributed by atoms with Crippen molar-refractivity contribution in [1.82, 2.24) is 5.32 Å². The van der Waals surface area contributed by atoms with E-state index in [1.54, 1.807) is 31.2 Å². The van der Waals surface area contributed by atoms with Gasteiger partial charge in [-0.2, -0.15) is 0 Å². The second-order valence-electron chi connectivity index (χ2n) is 5.31. The fraction of sp³-hybridized carbons (Fsp3) is 0.278. The Morgan fingerprint density at radius 1 is 1.21 bits per heavy atom. The van der Waals surface area contributed by atoms with Gasteiger partial charge in [-0.3, -0.25) is 4.79 Å². The predicted molar refractivity (Wildman–Crippen MR) is 85.9 cm³/mol. The van der Waals surface area contributed by atoms with Crippen LogP contribution in [-0.4, -0.2) is 23.7 Å². The number of hydrogen-bond donors (Lipinski definition) is 2. The molecule has 6 heteroatoms. The highest BCUT2D eigenvalue weighted by Crippen LogP contribution is 2.21. The van der Waals surface area contributed by atoms with Gasteiger partial charge in [0, 0.05) is 0 Å². The standard InChI is InChI=1S/C18H19F2NO3/c1-3-24-16-7-5-4-6-13(16)18(23)21-11(2)17(22)12-8-9-14(19)15(20)10-12/h4-11,17,22H,3H2,1-2H3,(H,21,23). The molecule has 0 heterocycles. The van der Waals surface area contributed by atoms with Crippen molar-refractivity contribution in [3.05, 3.63) is 65.2 Å². The van der Waals surface area contributed by atoms with Crippen molar-refractivity contribution in [2.75, 3.05) is 6.61 Å². The summed E-state index contributed by atoms with van der Waals surface area (Å²) in [5, 5.41) is 12.9. The number of nitrogens with one attached hydrogen (secondary N) is 1. The molecule has 2 N–H and O–H groups in total. The third kappa shape index (κ3) is 4.08. The van der Waals surface area contributed by atoms with Gasteiger partial charge < -0.3 is 15.2 Å². The zero-order valence-electron chi connectivity index (χ0n) is 13.4. The second kappa shape index (κ2) is 7.88. The number of aliphatic hydroxyl groups is 1. The summed E-state index contributed by atoms with van der Waals surface area (Å²) in [7, 11) is 0. The molecular weight excluding hydrogens is 316 g/mol. The molecular formula is C18H19F2NO3. The molecule has 1 amide bonds. The van der Waals surface area contributed by atoms with Gasteiger partial charge in [0.1, 0.15) is 5.75 Å². The molecule has 128 valence electrons. The molecule has 0 aliphatic rings. The van der Waals surface area contributed by atoms with Crippen LogP contribution in [0.1, 0.15) is 35.9 Å². The summed E-state index contributed by atoms with van der Waals surface area (Å²) in [4.78, 5) is 12.4. The Morgan fingerprint density at radius 3 is 2.58 bits per heavy atom.